The second-order valence-electron chi connectivity index (χ2n) is 6.54. The molecule has 21 heavy (non-hydrogen) atoms. The summed E-state index contributed by atoms with van der Waals surface area (Å²) in [5.74, 6) is 0. The van der Waals surface area contributed by atoms with Crippen LogP contribution in [0.5, 0.6) is 0 Å². The van der Waals surface area contributed by atoms with Gasteiger partial charge in [-0.3, -0.25) is 4.90 Å². The number of nitrogens with zero attached hydrogens (tertiary/aromatic N) is 2. The molecule has 2 unspecified atom stereocenters. The van der Waals surface area contributed by atoms with Crippen molar-refractivity contribution >= 4 is 10.9 Å². The van der Waals surface area contributed by atoms with E-state index in [0.717, 1.165) is 6.54 Å². The molecule has 1 aliphatic heterocycles. The number of benzene rings is 1. The Morgan fingerprint density at radius 2 is 2.05 bits per heavy atom. The second-order valence-corrected chi connectivity index (χ2v) is 6.54. The van der Waals surface area contributed by atoms with Crippen LogP contribution in [0, 0.1) is 6.92 Å². The lowest BCUT2D eigenvalue weighted by atomic mass is 9.96. The van der Waals surface area contributed by atoms with Gasteiger partial charge in [0.25, 0.3) is 0 Å². The molecule has 0 aliphatic carbocycles. The van der Waals surface area contributed by atoms with E-state index in [1.54, 1.807) is 0 Å². The van der Waals surface area contributed by atoms with Gasteiger partial charge in [0.2, 0.25) is 0 Å². The highest BCUT2D eigenvalue weighted by Crippen LogP contribution is 2.28. The molecular formula is C18H27N3. The fourth-order valence-corrected chi connectivity index (χ4v) is 3.86. The number of hydrogen-bond donors (Lipinski definition) is 1. The van der Waals surface area contributed by atoms with Crippen LogP contribution in [0.15, 0.2) is 24.3 Å². The van der Waals surface area contributed by atoms with E-state index in [-0.39, 0.29) is 6.04 Å². The Bertz CT molecular complexity index is 588. The zero-order valence-corrected chi connectivity index (χ0v) is 13.5. The molecule has 0 bridgehead atoms. The first-order valence-electron chi connectivity index (χ1n) is 8.12. The third-order valence-electron chi connectivity index (χ3n) is 5.13. The van der Waals surface area contributed by atoms with Gasteiger partial charge in [0.05, 0.1) is 0 Å². The second kappa shape index (κ2) is 5.82. The summed E-state index contributed by atoms with van der Waals surface area (Å²) in [5, 5.41) is 1.38. The average Bonchev–Trinajstić information content (AvgIpc) is 2.73. The lowest BCUT2D eigenvalue weighted by Gasteiger charge is -2.38. The van der Waals surface area contributed by atoms with E-state index in [1.165, 1.54) is 48.0 Å². The summed E-state index contributed by atoms with van der Waals surface area (Å²) in [6.07, 6.45) is 3.85. The lowest BCUT2D eigenvalue weighted by Crippen LogP contribution is -2.48. The maximum Gasteiger partial charge on any atom is 0.0483 e. The minimum absolute atomic E-state index is 0.250. The summed E-state index contributed by atoms with van der Waals surface area (Å²) in [7, 11) is 2.19. The fraction of sp³-hybridized carbons (Fsp3) is 0.556. The number of nitrogens with two attached hydrogens (primary N) is 1. The Balaban J connectivity index is 1.94. The summed E-state index contributed by atoms with van der Waals surface area (Å²) in [4.78, 5) is 2.59. The molecule has 1 aromatic heterocycles. The number of aryl methyl sites for hydroxylation is 2. The number of piperidine rings is 1. The van der Waals surface area contributed by atoms with Crippen molar-refractivity contribution in [1.82, 2.24) is 9.47 Å². The minimum atomic E-state index is 0.250. The van der Waals surface area contributed by atoms with Gasteiger partial charge < -0.3 is 10.3 Å². The topological polar surface area (TPSA) is 34.2 Å². The number of hydrogen-bond acceptors (Lipinski definition) is 2. The van der Waals surface area contributed by atoms with E-state index in [1.807, 2.05) is 0 Å². The van der Waals surface area contributed by atoms with Crippen LogP contribution in [0.1, 0.15) is 37.4 Å². The van der Waals surface area contributed by atoms with E-state index in [4.69, 9.17) is 5.73 Å². The van der Waals surface area contributed by atoms with Crippen molar-refractivity contribution in [2.45, 2.75) is 51.7 Å². The van der Waals surface area contributed by atoms with E-state index in [2.05, 4.69) is 54.6 Å². The van der Waals surface area contributed by atoms with Crippen LogP contribution in [-0.4, -0.2) is 28.1 Å². The first-order chi connectivity index (χ1) is 10.1. The summed E-state index contributed by atoms with van der Waals surface area (Å²) in [5.41, 5.74) is 10.4. The van der Waals surface area contributed by atoms with E-state index in [0.29, 0.717) is 6.04 Å². The molecule has 2 atom stereocenters. The molecule has 3 rings (SSSR count). The summed E-state index contributed by atoms with van der Waals surface area (Å²) >= 11 is 0. The molecule has 1 aromatic carbocycles. The monoisotopic (exact) mass is 285 g/mol. The number of para-hydroxylation sites is 1. The van der Waals surface area contributed by atoms with Crippen LogP contribution >= 0.6 is 0 Å². The summed E-state index contributed by atoms with van der Waals surface area (Å²) in [6, 6.07) is 9.47. The summed E-state index contributed by atoms with van der Waals surface area (Å²) < 4.78 is 2.36. The van der Waals surface area contributed by atoms with Gasteiger partial charge in [-0.05, 0) is 44.9 Å². The Hall–Kier alpha value is -1.32. The molecule has 114 valence electrons. The molecule has 0 radical (unpaired) electrons. The number of aromatic nitrogens is 1. The molecule has 1 fully saturated rings. The smallest absolute Gasteiger partial charge is 0.0483 e. The van der Waals surface area contributed by atoms with Crippen molar-refractivity contribution < 1.29 is 0 Å². The van der Waals surface area contributed by atoms with Crippen molar-refractivity contribution in [3.8, 4) is 0 Å². The first kappa shape index (κ1) is 14.6. The minimum Gasteiger partial charge on any atom is -0.346 e. The fourth-order valence-electron chi connectivity index (χ4n) is 3.86. The molecule has 3 nitrogen and oxygen atoms in total. The Kier molecular flexibility index (Phi) is 4.05. The van der Waals surface area contributed by atoms with Gasteiger partial charge in [-0.1, -0.05) is 24.6 Å². The van der Waals surface area contributed by atoms with Crippen LogP contribution in [0.25, 0.3) is 10.9 Å². The van der Waals surface area contributed by atoms with Crippen molar-refractivity contribution in [1.29, 1.82) is 0 Å². The molecule has 0 amide bonds. The maximum absolute atomic E-state index is 6.21. The lowest BCUT2D eigenvalue weighted by molar-refractivity contribution is 0.120. The van der Waals surface area contributed by atoms with Crippen LogP contribution < -0.4 is 5.73 Å². The predicted octanol–water partition coefficient (Wildman–Crippen LogP) is 3.19. The van der Waals surface area contributed by atoms with Crippen LogP contribution in [0.3, 0.4) is 0 Å². The van der Waals surface area contributed by atoms with Crippen LogP contribution in [0.2, 0.25) is 0 Å². The molecule has 2 heterocycles. The van der Waals surface area contributed by atoms with E-state index >= 15 is 0 Å². The van der Waals surface area contributed by atoms with E-state index in [9.17, 15) is 0 Å². The Labute approximate surface area is 127 Å². The predicted molar refractivity (Wildman–Crippen MR) is 89.4 cm³/mol. The van der Waals surface area contributed by atoms with Gasteiger partial charge >= 0.3 is 0 Å². The number of rotatable bonds is 3. The quantitative estimate of drug-likeness (QED) is 0.940. The van der Waals surface area contributed by atoms with Crippen LogP contribution in [0.4, 0.5) is 0 Å². The highest BCUT2D eigenvalue weighted by atomic mass is 15.2. The normalized spacial score (nSPS) is 21.8. The van der Waals surface area contributed by atoms with Gasteiger partial charge in [0, 0.05) is 42.3 Å². The Morgan fingerprint density at radius 1 is 1.29 bits per heavy atom. The van der Waals surface area contributed by atoms with Crippen LogP contribution in [-0.2, 0) is 13.6 Å². The standard InChI is InChI=1S/C18H27N3/c1-13-15-8-4-5-10-17(15)20(3)18(13)12-21-11-7-6-9-16(21)14(2)19/h4-5,8,10,14,16H,6-7,9,11-12,19H2,1-3H3. The summed E-state index contributed by atoms with van der Waals surface area (Å²) in [6.45, 7) is 6.59. The third kappa shape index (κ3) is 2.60. The van der Waals surface area contributed by atoms with Gasteiger partial charge in [0.1, 0.15) is 0 Å². The van der Waals surface area contributed by atoms with E-state index < -0.39 is 0 Å². The average molecular weight is 285 g/mol. The van der Waals surface area contributed by atoms with Crippen molar-refractivity contribution in [3.63, 3.8) is 0 Å². The molecular weight excluding hydrogens is 258 g/mol. The highest BCUT2D eigenvalue weighted by molar-refractivity contribution is 5.85. The van der Waals surface area contributed by atoms with Gasteiger partial charge in [-0.25, -0.2) is 0 Å². The molecule has 3 heteroatoms. The third-order valence-corrected chi connectivity index (χ3v) is 5.13. The molecule has 1 aliphatic rings. The molecule has 0 spiro atoms. The van der Waals surface area contributed by atoms with Crippen molar-refractivity contribution in [2.24, 2.45) is 12.8 Å². The molecule has 2 aromatic rings. The molecule has 1 saturated heterocycles. The first-order valence-corrected chi connectivity index (χ1v) is 8.12. The zero-order valence-electron chi connectivity index (χ0n) is 13.5. The maximum atomic E-state index is 6.21. The molecule has 2 N–H and O–H groups in total. The highest BCUT2D eigenvalue weighted by Gasteiger charge is 2.26. The number of likely N-dealkylation sites (tertiary alicyclic amines) is 1. The zero-order chi connectivity index (χ0) is 15.0. The molecule has 0 saturated carbocycles. The van der Waals surface area contributed by atoms with Gasteiger partial charge in [-0.15, -0.1) is 0 Å². The van der Waals surface area contributed by atoms with Crippen molar-refractivity contribution in [2.75, 3.05) is 6.54 Å². The SMILES string of the molecule is Cc1c(CN2CCCCC2C(C)N)n(C)c2ccccc12. The number of fused-ring (bicyclic) bond motifs is 1. The largest absolute Gasteiger partial charge is 0.346 e. The van der Waals surface area contributed by atoms with Crippen molar-refractivity contribution in [3.05, 3.63) is 35.5 Å². The van der Waals surface area contributed by atoms with Gasteiger partial charge in [-0.2, -0.15) is 0 Å². The Morgan fingerprint density at radius 3 is 2.76 bits per heavy atom. The van der Waals surface area contributed by atoms with Gasteiger partial charge in [0.15, 0.2) is 0 Å².